The van der Waals surface area contributed by atoms with Crippen molar-refractivity contribution in [2.24, 2.45) is 0 Å². The molecule has 0 saturated carbocycles. The summed E-state index contributed by atoms with van der Waals surface area (Å²) in [6.07, 6.45) is 6.83. The van der Waals surface area contributed by atoms with Gasteiger partial charge in [-0.25, -0.2) is 4.98 Å². The topological polar surface area (TPSA) is 42.4 Å². The van der Waals surface area contributed by atoms with Crippen LogP contribution in [0.15, 0.2) is 18.3 Å². The number of hydrogen-bond acceptors (Lipinski definition) is 3. The standard InChI is InChI=1S/C13H21NO2/c1-3-4-5-6-7-12(15)11-8-9-13(16-2)14-10-11/h8-10,12,15H,3-7H2,1-2H3. The lowest BCUT2D eigenvalue weighted by Gasteiger charge is -2.10. The van der Waals surface area contributed by atoms with Crippen LogP contribution in [0.3, 0.4) is 0 Å². The molecule has 0 spiro atoms. The fourth-order valence-corrected chi connectivity index (χ4v) is 1.64. The number of aliphatic hydroxyl groups excluding tert-OH is 1. The van der Waals surface area contributed by atoms with Gasteiger partial charge in [0.2, 0.25) is 5.88 Å². The molecule has 0 bridgehead atoms. The van der Waals surface area contributed by atoms with Crippen LogP contribution in [0.25, 0.3) is 0 Å². The van der Waals surface area contributed by atoms with E-state index in [0.717, 1.165) is 18.4 Å². The highest BCUT2D eigenvalue weighted by atomic mass is 16.5. The van der Waals surface area contributed by atoms with E-state index < -0.39 is 6.10 Å². The molecule has 16 heavy (non-hydrogen) atoms. The molecule has 0 saturated heterocycles. The maximum Gasteiger partial charge on any atom is 0.212 e. The Morgan fingerprint density at radius 2 is 2.12 bits per heavy atom. The third kappa shape index (κ3) is 4.19. The zero-order chi connectivity index (χ0) is 11.8. The van der Waals surface area contributed by atoms with Crippen LogP contribution in [-0.4, -0.2) is 17.2 Å². The van der Waals surface area contributed by atoms with Crippen LogP contribution < -0.4 is 4.74 Å². The second kappa shape index (κ2) is 7.23. The maximum absolute atomic E-state index is 9.90. The van der Waals surface area contributed by atoms with Crippen molar-refractivity contribution < 1.29 is 9.84 Å². The minimum absolute atomic E-state index is 0.393. The smallest absolute Gasteiger partial charge is 0.212 e. The molecule has 0 aliphatic rings. The molecule has 0 amide bonds. The first-order valence-electron chi connectivity index (χ1n) is 5.96. The largest absolute Gasteiger partial charge is 0.481 e. The van der Waals surface area contributed by atoms with Gasteiger partial charge in [0.25, 0.3) is 0 Å². The van der Waals surface area contributed by atoms with Crippen molar-refractivity contribution in [2.75, 3.05) is 7.11 Å². The number of methoxy groups -OCH3 is 1. The molecule has 0 radical (unpaired) electrons. The first kappa shape index (κ1) is 13.0. The molecule has 1 atom stereocenters. The van der Waals surface area contributed by atoms with Crippen molar-refractivity contribution >= 4 is 0 Å². The molecule has 1 heterocycles. The van der Waals surface area contributed by atoms with E-state index in [2.05, 4.69) is 11.9 Å². The Bertz CT molecular complexity index is 284. The number of rotatable bonds is 7. The van der Waals surface area contributed by atoms with Crippen LogP contribution in [0.2, 0.25) is 0 Å². The molecule has 0 aliphatic carbocycles. The Morgan fingerprint density at radius 1 is 1.31 bits per heavy atom. The minimum atomic E-state index is -0.393. The summed E-state index contributed by atoms with van der Waals surface area (Å²) in [6.45, 7) is 2.18. The SMILES string of the molecule is CCCCCCC(O)c1ccc(OC)nc1. The van der Waals surface area contributed by atoms with Crippen LogP contribution in [-0.2, 0) is 0 Å². The van der Waals surface area contributed by atoms with Gasteiger partial charge in [0, 0.05) is 12.3 Å². The Labute approximate surface area is 97.5 Å². The molecule has 3 heteroatoms. The minimum Gasteiger partial charge on any atom is -0.481 e. The normalized spacial score (nSPS) is 12.4. The van der Waals surface area contributed by atoms with Gasteiger partial charge in [0.15, 0.2) is 0 Å². The maximum atomic E-state index is 9.90. The van der Waals surface area contributed by atoms with E-state index in [1.54, 1.807) is 19.4 Å². The number of aliphatic hydroxyl groups is 1. The van der Waals surface area contributed by atoms with Crippen molar-refractivity contribution in [2.45, 2.75) is 45.1 Å². The molecule has 90 valence electrons. The lowest BCUT2D eigenvalue weighted by Crippen LogP contribution is -1.98. The van der Waals surface area contributed by atoms with Crippen molar-refractivity contribution in [3.05, 3.63) is 23.9 Å². The van der Waals surface area contributed by atoms with Gasteiger partial charge in [-0.2, -0.15) is 0 Å². The summed E-state index contributed by atoms with van der Waals surface area (Å²) < 4.78 is 4.97. The zero-order valence-electron chi connectivity index (χ0n) is 10.1. The van der Waals surface area contributed by atoms with Gasteiger partial charge in [-0.15, -0.1) is 0 Å². The monoisotopic (exact) mass is 223 g/mol. The summed E-state index contributed by atoms with van der Waals surface area (Å²) >= 11 is 0. The Balaban J connectivity index is 2.37. The molecular formula is C13H21NO2. The summed E-state index contributed by atoms with van der Waals surface area (Å²) in [6, 6.07) is 3.65. The molecule has 1 aromatic rings. The highest BCUT2D eigenvalue weighted by Gasteiger charge is 2.07. The Morgan fingerprint density at radius 3 is 2.69 bits per heavy atom. The highest BCUT2D eigenvalue weighted by molar-refractivity contribution is 5.19. The quantitative estimate of drug-likeness (QED) is 0.722. The van der Waals surface area contributed by atoms with Crippen molar-refractivity contribution in [1.82, 2.24) is 4.98 Å². The molecule has 1 rings (SSSR count). The Kier molecular flexibility index (Phi) is 5.86. The lowest BCUT2D eigenvalue weighted by atomic mass is 10.0. The fraction of sp³-hybridized carbons (Fsp3) is 0.615. The molecule has 0 aromatic carbocycles. The molecular weight excluding hydrogens is 202 g/mol. The van der Waals surface area contributed by atoms with Crippen molar-refractivity contribution in [3.8, 4) is 5.88 Å². The van der Waals surface area contributed by atoms with E-state index in [9.17, 15) is 5.11 Å². The molecule has 1 unspecified atom stereocenters. The van der Waals surface area contributed by atoms with Crippen molar-refractivity contribution in [1.29, 1.82) is 0 Å². The predicted molar refractivity (Wildman–Crippen MR) is 64.5 cm³/mol. The summed E-state index contributed by atoms with van der Waals surface area (Å²) in [7, 11) is 1.59. The zero-order valence-corrected chi connectivity index (χ0v) is 10.1. The number of aromatic nitrogens is 1. The van der Waals surface area contributed by atoms with E-state index in [1.165, 1.54) is 19.3 Å². The molecule has 1 aromatic heterocycles. The second-order valence-electron chi connectivity index (χ2n) is 4.00. The molecule has 0 fully saturated rings. The predicted octanol–water partition coefficient (Wildman–Crippen LogP) is 3.09. The van der Waals surface area contributed by atoms with E-state index in [0.29, 0.717) is 5.88 Å². The molecule has 1 N–H and O–H groups in total. The number of nitrogens with zero attached hydrogens (tertiary/aromatic N) is 1. The number of hydrogen-bond donors (Lipinski definition) is 1. The highest BCUT2D eigenvalue weighted by Crippen LogP contribution is 2.20. The second-order valence-corrected chi connectivity index (χ2v) is 4.00. The fourth-order valence-electron chi connectivity index (χ4n) is 1.64. The third-order valence-corrected chi connectivity index (χ3v) is 2.68. The number of unbranched alkanes of at least 4 members (excludes halogenated alkanes) is 3. The molecule has 3 nitrogen and oxygen atoms in total. The van der Waals surface area contributed by atoms with Gasteiger partial charge < -0.3 is 9.84 Å². The number of ether oxygens (including phenoxy) is 1. The van der Waals surface area contributed by atoms with Gasteiger partial charge in [0.1, 0.15) is 0 Å². The summed E-state index contributed by atoms with van der Waals surface area (Å²) in [4.78, 5) is 4.08. The van der Waals surface area contributed by atoms with Gasteiger partial charge >= 0.3 is 0 Å². The van der Waals surface area contributed by atoms with E-state index in [4.69, 9.17) is 4.74 Å². The Hall–Kier alpha value is -1.09. The van der Waals surface area contributed by atoms with E-state index in [-0.39, 0.29) is 0 Å². The summed E-state index contributed by atoms with van der Waals surface area (Å²) in [5.41, 5.74) is 0.872. The van der Waals surface area contributed by atoms with E-state index >= 15 is 0 Å². The first-order valence-corrected chi connectivity index (χ1v) is 5.96. The van der Waals surface area contributed by atoms with Crippen molar-refractivity contribution in [3.63, 3.8) is 0 Å². The molecule has 0 aliphatic heterocycles. The van der Waals surface area contributed by atoms with Gasteiger partial charge in [-0.05, 0) is 18.1 Å². The van der Waals surface area contributed by atoms with E-state index in [1.807, 2.05) is 6.07 Å². The third-order valence-electron chi connectivity index (χ3n) is 2.68. The van der Waals surface area contributed by atoms with Crippen LogP contribution in [0.4, 0.5) is 0 Å². The lowest BCUT2D eigenvalue weighted by molar-refractivity contribution is 0.163. The van der Waals surface area contributed by atoms with Crippen LogP contribution in [0, 0.1) is 0 Å². The van der Waals surface area contributed by atoms with Crippen LogP contribution >= 0.6 is 0 Å². The van der Waals surface area contributed by atoms with Gasteiger partial charge in [-0.3, -0.25) is 0 Å². The number of pyridine rings is 1. The van der Waals surface area contributed by atoms with Gasteiger partial charge in [-0.1, -0.05) is 32.6 Å². The van der Waals surface area contributed by atoms with Crippen LogP contribution in [0.5, 0.6) is 5.88 Å². The average molecular weight is 223 g/mol. The van der Waals surface area contributed by atoms with Gasteiger partial charge in [0.05, 0.1) is 13.2 Å². The average Bonchev–Trinajstić information content (AvgIpc) is 2.34. The summed E-state index contributed by atoms with van der Waals surface area (Å²) in [5.74, 6) is 0.585. The summed E-state index contributed by atoms with van der Waals surface area (Å²) in [5, 5.41) is 9.90. The van der Waals surface area contributed by atoms with Crippen LogP contribution in [0.1, 0.15) is 50.7 Å². The first-order chi connectivity index (χ1) is 7.77.